The fraction of sp³-hybridized carbons (Fsp3) is 0. The van der Waals surface area contributed by atoms with Gasteiger partial charge in [0.25, 0.3) is 0 Å². The van der Waals surface area contributed by atoms with Crippen LogP contribution in [-0.4, -0.2) is 10.2 Å². The van der Waals surface area contributed by atoms with Crippen molar-refractivity contribution in [3.63, 3.8) is 0 Å². The molecule has 0 aliphatic carbocycles. The Hall–Kier alpha value is -0.960. The highest BCUT2D eigenvalue weighted by molar-refractivity contribution is 7.16. The third-order valence-electron chi connectivity index (χ3n) is 1.11. The summed E-state index contributed by atoms with van der Waals surface area (Å²) in [4.78, 5) is 0. The molecule has 0 amide bonds. The molecule has 0 aliphatic rings. The number of aromatic nitrogens is 2. The topological polar surface area (TPSA) is 25.8 Å². The normalized spacial score (nSPS) is 10.2. The van der Waals surface area contributed by atoms with Crippen LogP contribution in [0.2, 0.25) is 0 Å². The Labute approximate surface area is 56.2 Å². The average molecular weight is 135 g/mol. The van der Waals surface area contributed by atoms with E-state index >= 15 is 0 Å². The van der Waals surface area contributed by atoms with E-state index in [0.29, 0.717) is 0 Å². The highest BCUT2D eigenvalue weighted by Gasteiger charge is 1.90. The lowest BCUT2D eigenvalue weighted by atomic mass is 10.4. The second-order valence-electron chi connectivity index (χ2n) is 1.67. The summed E-state index contributed by atoms with van der Waals surface area (Å²) in [6, 6.07) is 1.91. The summed E-state index contributed by atoms with van der Waals surface area (Å²) in [5.74, 6) is 0. The number of hydrogen-bond acceptors (Lipinski definition) is 3. The van der Waals surface area contributed by atoms with Crippen LogP contribution in [0.3, 0.4) is 0 Å². The maximum atomic E-state index is 3.73. The fourth-order valence-corrected chi connectivity index (χ4v) is 1.31. The predicted molar refractivity (Wildman–Crippen MR) is 36.3 cm³/mol. The van der Waals surface area contributed by atoms with Crippen molar-refractivity contribution in [1.82, 2.24) is 10.2 Å². The molecule has 2 aromatic rings. The zero-order valence-electron chi connectivity index (χ0n) is 4.53. The Morgan fingerprint density at radius 3 is 3.11 bits per heavy atom. The van der Waals surface area contributed by atoms with Gasteiger partial charge in [-0.15, -0.1) is 11.3 Å². The highest BCUT2D eigenvalue weighted by Crippen LogP contribution is 2.15. The van der Waals surface area contributed by atoms with E-state index in [4.69, 9.17) is 0 Å². The first-order valence-corrected chi connectivity index (χ1v) is 3.35. The van der Waals surface area contributed by atoms with Gasteiger partial charge in [-0.25, -0.2) is 0 Å². The molecule has 0 spiro atoms. The molecule has 2 nitrogen and oxygen atoms in total. The van der Waals surface area contributed by atoms with E-state index in [1.807, 2.05) is 6.07 Å². The molecular formula is C6H3N2S. The van der Waals surface area contributed by atoms with Crippen molar-refractivity contribution in [2.45, 2.75) is 0 Å². The molecule has 0 saturated carbocycles. The minimum Gasteiger partial charge on any atom is -0.158 e. The summed E-state index contributed by atoms with van der Waals surface area (Å²) >= 11 is 1.56. The van der Waals surface area contributed by atoms with Crippen molar-refractivity contribution in [2.75, 3.05) is 0 Å². The van der Waals surface area contributed by atoms with Crippen LogP contribution in [0.25, 0.3) is 10.1 Å². The van der Waals surface area contributed by atoms with Crippen molar-refractivity contribution in [3.05, 3.63) is 23.8 Å². The summed E-state index contributed by atoms with van der Waals surface area (Å²) in [7, 11) is 0. The third kappa shape index (κ3) is 0.695. The lowest BCUT2D eigenvalue weighted by molar-refractivity contribution is 1.05. The second-order valence-corrected chi connectivity index (χ2v) is 2.55. The van der Waals surface area contributed by atoms with Gasteiger partial charge in [-0.2, -0.15) is 10.2 Å². The molecule has 9 heavy (non-hydrogen) atoms. The van der Waals surface area contributed by atoms with Gasteiger partial charge in [0.1, 0.15) is 0 Å². The van der Waals surface area contributed by atoms with Crippen molar-refractivity contribution in [3.8, 4) is 0 Å². The van der Waals surface area contributed by atoms with E-state index in [1.54, 1.807) is 23.7 Å². The minimum absolute atomic E-state index is 1.12. The van der Waals surface area contributed by atoms with E-state index in [2.05, 4.69) is 15.6 Å². The van der Waals surface area contributed by atoms with Gasteiger partial charge in [0, 0.05) is 10.8 Å². The molecule has 0 aliphatic heterocycles. The summed E-state index contributed by atoms with van der Waals surface area (Å²) < 4.78 is 1.14. The van der Waals surface area contributed by atoms with Crippen molar-refractivity contribution in [1.29, 1.82) is 0 Å². The highest BCUT2D eigenvalue weighted by atomic mass is 32.1. The minimum atomic E-state index is 1.12. The number of fused-ring (bicyclic) bond motifs is 1. The predicted octanol–water partition coefficient (Wildman–Crippen LogP) is 1.49. The number of rotatable bonds is 0. The van der Waals surface area contributed by atoms with Crippen molar-refractivity contribution >= 4 is 21.4 Å². The summed E-state index contributed by atoms with van der Waals surface area (Å²) in [6.45, 7) is 0. The van der Waals surface area contributed by atoms with E-state index < -0.39 is 0 Å². The van der Waals surface area contributed by atoms with Crippen LogP contribution < -0.4 is 0 Å². The molecule has 0 saturated heterocycles. The molecule has 2 rings (SSSR count). The molecule has 2 aromatic heterocycles. The van der Waals surface area contributed by atoms with Crippen LogP contribution >= 0.6 is 11.3 Å². The Kier molecular flexibility index (Phi) is 0.960. The maximum Gasteiger partial charge on any atom is 0.0674 e. The van der Waals surface area contributed by atoms with Crippen LogP contribution in [0.1, 0.15) is 0 Å². The third-order valence-corrected chi connectivity index (χ3v) is 1.90. The first-order valence-electron chi connectivity index (χ1n) is 2.53. The zero-order chi connectivity index (χ0) is 6.10. The Balaban J connectivity index is 2.95. The first-order chi connectivity index (χ1) is 4.47. The van der Waals surface area contributed by atoms with Gasteiger partial charge in [0.05, 0.1) is 17.1 Å². The van der Waals surface area contributed by atoms with Crippen molar-refractivity contribution in [2.24, 2.45) is 0 Å². The maximum absolute atomic E-state index is 3.73. The molecule has 2 heterocycles. The zero-order valence-corrected chi connectivity index (χ0v) is 5.35. The van der Waals surface area contributed by atoms with Crippen LogP contribution in [-0.2, 0) is 0 Å². The van der Waals surface area contributed by atoms with Crippen LogP contribution in [0.5, 0.6) is 0 Å². The van der Waals surface area contributed by atoms with Gasteiger partial charge < -0.3 is 0 Å². The smallest absolute Gasteiger partial charge is 0.0674 e. The van der Waals surface area contributed by atoms with Gasteiger partial charge in [-0.3, -0.25) is 0 Å². The summed E-state index contributed by atoms with van der Waals surface area (Å²) in [5.41, 5.74) is 0. The van der Waals surface area contributed by atoms with E-state index in [9.17, 15) is 0 Å². The van der Waals surface area contributed by atoms with Gasteiger partial charge in [0.2, 0.25) is 0 Å². The van der Waals surface area contributed by atoms with Crippen molar-refractivity contribution < 1.29 is 0 Å². The summed E-state index contributed by atoms with van der Waals surface area (Å²) in [5, 5.41) is 11.6. The summed E-state index contributed by atoms with van der Waals surface area (Å²) in [6.07, 6.45) is 3.48. The Morgan fingerprint density at radius 1 is 1.33 bits per heavy atom. The average Bonchev–Trinajstić information content (AvgIpc) is 2.33. The molecule has 3 heteroatoms. The second kappa shape index (κ2) is 1.77. The SMILES string of the molecule is [c]1cc2cnncc2s1. The quantitative estimate of drug-likeness (QED) is 0.547. The van der Waals surface area contributed by atoms with E-state index in [0.717, 1.165) is 10.1 Å². The number of thiophene rings is 1. The van der Waals surface area contributed by atoms with Gasteiger partial charge in [-0.05, 0) is 6.07 Å². The molecule has 0 fully saturated rings. The van der Waals surface area contributed by atoms with Gasteiger partial charge in [0.15, 0.2) is 0 Å². The molecule has 0 N–H and O–H groups in total. The van der Waals surface area contributed by atoms with E-state index in [1.165, 1.54) is 0 Å². The lowest BCUT2D eigenvalue weighted by Gasteiger charge is -1.80. The molecule has 0 unspecified atom stereocenters. The molecule has 1 radical (unpaired) electrons. The van der Waals surface area contributed by atoms with E-state index in [-0.39, 0.29) is 0 Å². The standard InChI is InChI=1S/C6H3N2S/c1-2-9-6-4-8-7-3-5(1)6/h1,3-4H. The largest absolute Gasteiger partial charge is 0.158 e. The molecular weight excluding hydrogens is 132 g/mol. The lowest BCUT2D eigenvalue weighted by Crippen LogP contribution is -1.73. The van der Waals surface area contributed by atoms with Gasteiger partial charge in [-0.1, -0.05) is 0 Å². The first kappa shape index (κ1) is 4.88. The monoisotopic (exact) mass is 135 g/mol. The van der Waals surface area contributed by atoms with Crippen LogP contribution in [0.4, 0.5) is 0 Å². The van der Waals surface area contributed by atoms with Crippen LogP contribution in [0.15, 0.2) is 18.5 Å². The molecule has 43 valence electrons. The number of hydrogen-bond donors (Lipinski definition) is 0. The molecule has 0 aromatic carbocycles. The molecule has 0 atom stereocenters. The fourth-order valence-electron chi connectivity index (χ4n) is 0.670. The Morgan fingerprint density at radius 2 is 2.22 bits per heavy atom. The van der Waals surface area contributed by atoms with Gasteiger partial charge >= 0.3 is 0 Å². The number of nitrogens with zero attached hydrogens (tertiary/aromatic N) is 2. The molecule has 0 bridgehead atoms. The Bertz CT molecular complexity index is 285. The van der Waals surface area contributed by atoms with Crippen LogP contribution in [0, 0.1) is 5.38 Å².